The number of carbonyl (C=O) groups is 1. The molecule has 3 heterocycles. The third kappa shape index (κ3) is 4.08. The molecule has 29 heavy (non-hydrogen) atoms. The minimum atomic E-state index is -0.0654. The zero-order chi connectivity index (χ0) is 20.5. The maximum atomic E-state index is 13.2. The molecule has 6 nitrogen and oxygen atoms in total. The lowest BCUT2D eigenvalue weighted by Gasteiger charge is -2.36. The van der Waals surface area contributed by atoms with E-state index in [0.717, 1.165) is 67.2 Å². The van der Waals surface area contributed by atoms with Gasteiger partial charge in [0.25, 0.3) is 5.56 Å². The lowest BCUT2D eigenvalue weighted by atomic mass is 9.74. The van der Waals surface area contributed by atoms with Crippen LogP contribution in [0.2, 0.25) is 0 Å². The summed E-state index contributed by atoms with van der Waals surface area (Å²) >= 11 is 0. The molecular weight excluding hydrogens is 364 g/mol. The van der Waals surface area contributed by atoms with Gasteiger partial charge in [0.1, 0.15) is 0 Å². The van der Waals surface area contributed by atoms with Gasteiger partial charge in [-0.1, -0.05) is 13.3 Å². The summed E-state index contributed by atoms with van der Waals surface area (Å²) in [6.45, 7) is 5.08. The van der Waals surface area contributed by atoms with Crippen LogP contribution in [0, 0.1) is 12.8 Å². The fraction of sp³-hybridized carbons (Fsp3) is 0.609. The number of piperidine rings is 1. The quantitative estimate of drug-likeness (QED) is 0.837. The average Bonchev–Trinajstić information content (AvgIpc) is 2.73. The third-order valence-electron chi connectivity index (χ3n) is 6.84. The van der Waals surface area contributed by atoms with Crippen molar-refractivity contribution in [3.05, 3.63) is 39.9 Å². The monoisotopic (exact) mass is 396 g/mol. The van der Waals surface area contributed by atoms with Crippen molar-refractivity contribution in [2.75, 3.05) is 6.54 Å². The molecule has 6 heteroatoms. The molecule has 4 atom stereocenters. The summed E-state index contributed by atoms with van der Waals surface area (Å²) in [6.07, 6.45) is 7.83. The molecule has 2 fully saturated rings. The molecule has 1 saturated carbocycles. The average molecular weight is 397 g/mol. The van der Waals surface area contributed by atoms with Crippen molar-refractivity contribution in [3.63, 3.8) is 0 Å². The first kappa shape index (κ1) is 20.1. The van der Waals surface area contributed by atoms with Gasteiger partial charge in [-0.3, -0.25) is 14.6 Å². The van der Waals surface area contributed by atoms with Crippen molar-refractivity contribution in [2.45, 2.75) is 70.4 Å². The van der Waals surface area contributed by atoms with E-state index in [1.54, 1.807) is 4.57 Å². The molecule has 2 aliphatic rings. The van der Waals surface area contributed by atoms with E-state index in [-0.39, 0.29) is 29.5 Å². The van der Waals surface area contributed by atoms with Gasteiger partial charge in [0.15, 0.2) is 0 Å². The number of rotatable bonds is 3. The summed E-state index contributed by atoms with van der Waals surface area (Å²) < 4.78 is 1.75. The van der Waals surface area contributed by atoms with E-state index in [4.69, 9.17) is 0 Å². The van der Waals surface area contributed by atoms with Crippen molar-refractivity contribution >= 4 is 16.8 Å². The molecule has 0 radical (unpaired) electrons. The van der Waals surface area contributed by atoms with Crippen LogP contribution in [0.5, 0.6) is 0 Å². The van der Waals surface area contributed by atoms with Crippen molar-refractivity contribution in [1.29, 1.82) is 0 Å². The number of fused-ring (bicyclic) bond motifs is 1. The molecule has 1 aliphatic heterocycles. The number of pyridine rings is 2. The zero-order valence-corrected chi connectivity index (χ0v) is 17.7. The number of aromatic nitrogens is 2. The predicted octanol–water partition coefficient (Wildman–Crippen LogP) is 2.77. The summed E-state index contributed by atoms with van der Waals surface area (Å²) in [7, 11) is 1.84. The summed E-state index contributed by atoms with van der Waals surface area (Å²) in [5, 5.41) is 7.59. The Labute approximate surface area is 172 Å². The normalized spacial score (nSPS) is 27.7. The van der Waals surface area contributed by atoms with Crippen molar-refractivity contribution in [2.24, 2.45) is 13.0 Å². The summed E-state index contributed by atoms with van der Waals surface area (Å²) in [6, 6.07) is 4.05. The number of nitrogens with zero attached hydrogens (tertiary/aromatic N) is 2. The highest BCUT2D eigenvalue weighted by Gasteiger charge is 2.33. The lowest BCUT2D eigenvalue weighted by molar-refractivity contribution is -0.124. The van der Waals surface area contributed by atoms with Crippen LogP contribution in [0.15, 0.2) is 23.1 Å². The topological polar surface area (TPSA) is 76.0 Å². The smallest absolute Gasteiger partial charge is 0.254 e. The molecule has 1 saturated heterocycles. The van der Waals surface area contributed by atoms with Gasteiger partial charge in [-0.15, -0.1) is 0 Å². The van der Waals surface area contributed by atoms with Gasteiger partial charge in [-0.25, -0.2) is 0 Å². The summed E-state index contributed by atoms with van der Waals surface area (Å²) in [4.78, 5) is 30.2. The lowest BCUT2D eigenvalue weighted by Crippen LogP contribution is -2.51. The SMILES string of the molecule is Cc1cc2c(cn1)cc(C1CC(NC(=O)C3CCCCN3)CCC1C)c(=O)n2C. The Morgan fingerprint density at radius 1 is 1.24 bits per heavy atom. The predicted molar refractivity (Wildman–Crippen MR) is 115 cm³/mol. The number of carbonyl (C=O) groups excluding carboxylic acids is 1. The molecule has 0 bridgehead atoms. The van der Waals surface area contributed by atoms with E-state index in [1.807, 2.05) is 32.3 Å². The molecule has 2 N–H and O–H groups in total. The minimum absolute atomic E-state index is 0.0654. The van der Waals surface area contributed by atoms with Crippen LogP contribution >= 0.6 is 0 Å². The van der Waals surface area contributed by atoms with Crippen molar-refractivity contribution in [3.8, 4) is 0 Å². The Morgan fingerprint density at radius 3 is 2.83 bits per heavy atom. The molecule has 4 unspecified atom stereocenters. The van der Waals surface area contributed by atoms with Gasteiger partial charge >= 0.3 is 0 Å². The highest BCUT2D eigenvalue weighted by Crippen LogP contribution is 2.37. The number of nitrogens with one attached hydrogen (secondary N) is 2. The first-order valence-electron chi connectivity index (χ1n) is 10.9. The molecule has 156 valence electrons. The molecule has 2 aromatic rings. The van der Waals surface area contributed by atoms with E-state index in [2.05, 4.69) is 22.5 Å². The summed E-state index contributed by atoms with van der Waals surface area (Å²) in [5.41, 5.74) is 2.75. The number of hydrogen-bond donors (Lipinski definition) is 2. The number of hydrogen-bond acceptors (Lipinski definition) is 4. The fourth-order valence-corrected chi connectivity index (χ4v) is 5.02. The molecular formula is C23H32N4O2. The van der Waals surface area contributed by atoms with E-state index >= 15 is 0 Å². The highest BCUT2D eigenvalue weighted by molar-refractivity contribution is 5.82. The molecule has 2 aromatic heterocycles. The Bertz CT molecular complexity index is 961. The van der Waals surface area contributed by atoms with Gasteiger partial charge in [0.05, 0.1) is 11.6 Å². The van der Waals surface area contributed by atoms with E-state index < -0.39 is 0 Å². The first-order valence-corrected chi connectivity index (χ1v) is 10.9. The number of amides is 1. The second-order valence-corrected chi connectivity index (χ2v) is 8.95. The minimum Gasteiger partial charge on any atom is -0.352 e. The molecule has 1 aliphatic carbocycles. The van der Waals surface area contributed by atoms with Crippen LogP contribution in [0.3, 0.4) is 0 Å². The van der Waals surface area contributed by atoms with Crippen LogP contribution < -0.4 is 16.2 Å². The van der Waals surface area contributed by atoms with Crippen molar-refractivity contribution in [1.82, 2.24) is 20.2 Å². The zero-order valence-electron chi connectivity index (χ0n) is 17.7. The van der Waals surface area contributed by atoms with E-state index in [1.165, 1.54) is 0 Å². The van der Waals surface area contributed by atoms with Crippen LogP contribution in [0.1, 0.15) is 62.6 Å². The fourth-order valence-electron chi connectivity index (χ4n) is 5.02. The highest BCUT2D eigenvalue weighted by atomic mass is 16.2. The van der Waals surface area contributed by atoms with Gasteiger partial charge in [0, 0.05) is 35.9 Å². The Hall–Kier alpha value is -2.21. The second kappa shape index (κ2) is 8.27. The maximum absolute atomic E-state index is 13.2. The van der Waals surface area contributed by atoms with Gasteiger partial charge in [0.2, 0.25) is 5.91 Å². The van der Waals surface area contributed by atoms with E-state index in [9.17, 15) is 9.59 Å². The van der Waals surface area contributed by atoms with Gasteiger partial charge in [-0.2, -0.15) is 0 Å². The molecule has 0 spiro atoms. The molecule has 0 aromatic carbocycles. The second-order valence-electron chi connectivity index (χ2n) is 8.95. The maximum Gasteiger partial charge on any atom is 0.254 e. The molecule has 4 rings (SSSR count). The molecule has 1 amide bonds. The Kier molecular flexibility index (Phi) is 5.72. The van der Waals surface area contributed by atoms with Crippen LogP contribution in [0.4, 0.5) is 0 Å². The van der Waals surface area contributed by atoms with Crippen molar-refractivity contribution < 1.29 is 4.79 Å². The van der Waals surface area contributed by atoms with Crippen LogP contribution in [-0.2, 0) is 11.8 Å². The van der Waals surface area contributed by atoms with Gasteiger partial charge in [-0.05, 0) is 69.5 Å². The van der Waals surface area contributed by atoms with Crippen LogP contribution in [0.25, 0.3) is 10.9 Å². The van der Waals surface area contributed by atoms with Gasteiger partial charge < -0.3 is 15.2 Å². The standard InChI is InChI=1S/C23H32N4O2/c1-14-7-8-17(26-22(28)20-6-4-5-9-24-20)12-18(14)19-11-16-13-25-15(2)10-21(16)27(3)23(19)29/h10-11,13-14,17-18,20,24H,4-9,12H2,1-3H3,(H,26,28). The number of aryl methyl sites for hydroxylation is 2. The largest absolute Gasteiger partial charge is 0.352 e. The Morgan fingerprint density at radius 2 is 2.07 bits per heavy atom. The third-order valence-corrected chi connectivity index (χ3v) is 6.84. The summed E-state index contributed by atoms with van der Waals surface area (Å²) in [5.74, 6) is 0.686. The Balaban J connectivity index is 1.57. The van der Waals surface area contributed by atoms with Crippen LogP contribution in [-0.4, -0.2) is 34.1 Å². The first-order chi connectivity index (χ1) is 13.9. The van der Waals surface area contributed by atoms with E-state index in [0.29, 0.717) is 5.92 Å².